The summed E-state index contributed by atoms with van der Waals surface area (Å²) >= 11 is 1.53. The Morgan fingerprint density at radius 1 is 1.26 bits per heavy atom. The minimum Gasteiger partial charge on any atom is -0.462 e. The molecule has 0 aromatic carbocycles. The Bertz CT molecular complexity index is 1430. The Kier molecular flexibility index (Phi) is 6.16. The normalized spacial score (nSPS) is 24.2. The summed E-state index contributed by atoms with van der Waals surface area (Å²) in [6.45, 7) is 11.1. The zero-order chi connectivity index (χ0) is 26.8. The van der Waals surface area contributed by atoms with Crippen LogP contribution in [0.1, 0.15) is 41.7 Å². The molecule has 3 aromatic rings. The van der Waals surface area contributed by atoms with Gasteiger partial charge in [0.1, 0.15) is 0 Å². The fourth-order valence-electron chi connectivity index (χ4n) is 6.04. The number of aromatic nitrogens is 2. The number of nitrogens with zero attached hydrogens (tertiary/aromatic N) is 3. The Hall–Kier alpha value is -3.08. The number of carbonyl (C=O) groups excluding carboxylic acids is 3. The van der Waals surface area contributed by atoms with Gasteiger partial charge in [-0.25, -0.2) is 4.79 Å². The summed E-state index contributed by atoms with van der Waals surface area (Å²) in [4.78, 5) is 45.5. The van der Waals surface area contributed by atoms with Gasteiger partial charge in [-0.15, -0.1) is 11.3 Å². The standard InChI is InChI=1S/C28H32N4O5S/c1-5-36-27(35)19-11-21(31(15(19)2)13-16-12-29-8-9-37-16)18-6-7-30-20-10-17(38-24(18)20)14-32-25(33)22-23(26(32)34)28(22,3)4/h6-7,10-11,16,22-23,29H,5,8-9,12-14H2,1-4H3/t16-,22?,23?/m0/s1. The molecule has 3 aromatic heterocycles. The second-order valence-electron chi connectivity index (χ2n) is 10.9. The number of fused-ring (bicyclic) bond motifs is 2. The molecule has 3 aliphatic rings. The van der Waals surface area contributed by atoms with Crippen LogP contribution in [0.15, 0.2) is 24.4 Å². The lowest BCUT2D eigenvalue weighted by Gasteiger charge is -2.25. The van der Waals surface area contributed by atoms with E-state index in [4.69, 9.17) is 9.47 Å². The third-order valence-corrected chi connectivity index (χ3v) is 9.34. The van der Waals surface area contributed by atoms with E-state index in [9.17, 15) is 14.4 Å². The summed E-state index contributed by atoms with van der Waals surface area (Å²) in [6.07, 6.45) is 1.73. The average molecular weight is 537 g/mol. The number of hydrogen-bond acceptors (Lipinski definition) is 8. The molecule has 3 fully saturated rings. The number of nitrogens with one attached hydrogen (secondary N) is 1. The quantitative estimate of drug-likeness (QED) is 0.365. The largest absolute Gasteiger partial charge is 0.462 e. The van der Waals surface area contributed by atoms with Crippen molar-refractivity contribution in [3.05, 3.63) is 40.5 Å². The summed E-state index contributed by atoms with van der Waals surface area (Å²) in [5, 5.41) is 3.37. The van der Waals surface area contributed by atoms with Gasteiger partial charge in [-0.1, -0.05) is 13.8 Å². The Labute approximate surface area is 225 Å². The number of likely N-dealkylation sites (tertiary alicyclic amines) is 1. The van der Waals surface area contributed by atoms with Gasteiger partial charge >= 0.3 is 5.97 Å². The highest BCUT2D eigenvalue weighted by Crippen LogP contribution is 2.63. The van der Waals surface area contributed by atoms with Crippen LogP contribution in [0.25, 0.3) is 21.5 Å². The van der Waals surface area contributed by atoms with Crippen molar-refractivity contribution in [1.82, 2.24) is 19.8 Å². The highest BCUT2D eigenvalue weighted by atomic mass is 32.1. The van der Waals surface area contributed by atoms with E-state index in [0.717, 1.165) is 45.1 Å². The number of thiophene rings is 1. The molecule has 6 rings (SSSR count). The van der Waals surface area contributed by atoms with E-state index in [1.54, 1.807) is 13.1 Å². The van der Waals surface area contributed by atoms with Crippen molar-refractivity contribution < 1.29 is 23.9 Å². The maximum absolute atomic E-state index is 12.9. The lowest BCUT2D eigenvalue weighted by atomic mass is 10.1. The highest BCUT2D eigenvalue weighted by Gasteiger charge is 2.72. The van der Waals surface area contributed by atoms with Crippen LogP contribution in [0, 0.1) is 24.2 Å². The molecule has 38 heavy (non-hydrogen) atoms. The number of esters is 1. The first-order chi connectivity index (χ1) is 18.2. The summed E-state index contributed by atoms with van der Waals surface area (Å²) in [5.74, 6) is -0.873. The number of pyridine rings is 1. The van der Waals surface area contributed by atoms with Crippen molar-refractivity contribution in [3.8, 4) is 11.3 Å². The molecular weight excluding hydrogens is 504 g/mol. The number of ether oxygens (including phenoxy) is 2. The SMILES string of the molecule is CCOC(=O)c1cc(-c2ccnc3cc(CN4C(=O)C5C(C4=O)C5(C)C)sc23)n(C[C@@H]2CNCCO2)c1C. The first-order valence-corrected chi connectivity index (χ1v) is 14.0. The van der Waals surface area contributed by atoms with Crippen molar-refractivity contribution in [1.29, 1.82) is 0 Å². The number of piperidine rings is 1. The average Bonchev–Trinajstić information content (AvgIpc) is 3.18. The molecule has 2 amide bonds. The number of amides is 2. The molecule has 10 heteroatoms. The van der Waals surface area contributed by atoms with E-state index in [1.165, 1.54) is 16.2 Å². The van der Waals surface area contributed by atoms with Crippen LogP contribution in [-0.2, 0) is 32.2 Å². The second kappa shape index (κ2) is 9.29. The smallest absolute Gasteiger partial charge is 0.339 e. The zero-order valence-electron chi connectivity index (χ0n) is 22.1. The van der Waals surface area contributed by atoms with Gasteiger partial charge in [-0.05, 0) is 37.5 Å². The second-order valence-corrected chi connectivity index (χ2v) is 12.0. The molecular formula is C28H32N4O5S. The molecule has 3 atom stereocenters. The predicted octanol–water partition coefficient (Wildman–Crippen LogP) is 3.38. The highest BCUT2D eigenvalue weighted by molar-refractivity contribution is 7.19. The molecule has 2 saturated heterocycles. The van der Waals surface area contributed by atoms with Gasteiger partial charge in [0, 0.05) is 35.4 Å². The van der Waals surface area contributed by atoms with E-state index >= 15 is 0 Å². The number of morpholine rings is 1. The van der Waals surface area contributed by atoms with Crippen molar-refractivity contribution in [2.75, 3.05) is 26.3 Å². The van der Waals surface area contributed by atoms with Crippen LogP contribution < -0.4 is 5.32 Å². The summed E-state index contributed by atoms with van der Waals surface area (Å²) in [5.41, 5.74) is 3.75. The van der Waals surface area contributed by atoms with Gasteiger partial charge < -0.3 is 19.4 Å². The van der Waals surface area contributed by atoms with Crippen LogP contribution in [0.4, 0.5) is 0 Å². The number of hydrogen-bond donors (Lipinski definition) is 1. The minimum absolute atomic E-state index is 0.0252. The molecule has 200 valence electrons. The molecule has 1 N–H and O–H groups in total. The summed E-state index contributed by atoms with van der Waals surface area (Å²) in [6, 6.07) is 5.80. The van der Waals surface area contributed by atoms with E-state index in [1.807, 2.05) is 39.0 Å². The number of rotatable bonds is 7. The third-order valence-electron chi connectivity index (χ3n) is 8.20. The zero-order valence-corrected chi connectivity index (χ0v) is 22.9. The van der Waals surface area contributed by atoms with Crippen molar-refractivity contribution in [3.63, 3.8) is 0 Å². The van der Waals surface area contributed by atoms with Crippen LogP contribution in [-0.4, -0.2) is 64.6 Å². The number of carbonyl (C=O) groups is 3. The molecule has 1 aliphatic carbocycles. The summed E-state index contributed by atoms with van der Waals surface area (Å²) in [7, 11) is 0. The van der Waals surface area contributed by atoms with Crippen LogP contribution in [0.3, 0.4) is 0 Å². The molecule has 9 nitrogen and oxygen atoms in total. The van der Waals surface area contributed by atoms with Gasteiger partial charge in [-0.3, -0.25) is 19.5 Å². The van der Waals surface area contributed by atoms with Crippen LogP contribution in [0.5, 0.6) is 0 Å². The molecule has 0 bridgehead atoms. The fraction of sp³-hybridized carbons (Fsp3) is 0.500. The van der Waals surface area contributed by atoms with Gasteiger partial charge in [0.15, 0.2) is 0 Å². The number of imide groups is 1. The first-order valence-electron chi connectivity index (χ1n) is 13.1. The molecule has 0 radical (unpaired) electrons. The van der Waals surface area contributed by atoms with Gasteiger partial charge in [0.05, 0.1) is 65.7 Å². The Balaban J connectivity index is 1.36. The molecule has 5 heterocycles. The third kappa shape index (κ3) is 3.97. The minimum atomic E-state index is -0.350. The van der Waals surface area contributed by atoms with E-state index < -0.39 is 0 Å². The summed E-state index contributed by atoms with van der Waals surface area (Å²) < 4.78 is 14.4. The van der Waals surface area contributed by atoms with Crippen molar-refractivity contribution in [2.24, 2.45) is 17.3 Å². The topological polar surface area (TPSA) is 103 Å². The lowest BCUT2D eigenvalue weighted by molar-refractivity contribution is -0.143. The van der Waals surface area contributed by atoms with E-state index in [0.29, 0.717) is 25.3 Å². The van der Waals surface area contributed by atoms with Crippen molar-refractivity contribution >= 4 is 39.3 Å². The Morgan fingerprint density at radius 2 is 2.03 bits per heavy atom. The van der Waals surface area contributed by atoms with Gasteiger partial charge in [0.25, 0.3) is 0 Å². The molecule has 2 aliphatic heterocycles. The van der Waals surface area contributed by atoms with E-state index in [-0.39, 0.29) is 47.7 Å². The van der Waals surface area contributed by atoms with Crippen molar-refractivity contribution in [2.45, 2.75) is 46.9 Å². The Morgan fingerprint density at radius 3 is 2.71 bits per heavy atom. The maximum atomic E-state index is 12.9. The fourth-order valence-corrected chi connectivity index (χ4v) is 7.17. The van der Waals surface area contributed by atoms with Gasteiger partial charge in [0.2, 0.25) is 11.8 Å². The van der Waals surface area contributed by atoms with Gasteiger partial charge in [-0.2, -0.15) is 0 Å². The molecule has 2 unspecified atom stereocenters. The van der Waals surface area contributed by atoms with Crippen LogP contribution >= 0.6 is 11.3 Å². The molecule has 0 spiro atoms. The van der Waals surface area contributed by atoms with E-state index in [2.05, 4.69) is 14.9 Å². The molecule has 1 saturated carbocycles. The first kappa shape index (κ1) is 25.2. The predicted molar refractivity (Wildman–Crippen MR) is 143 cm³/mol. The maximum Gasteiger partial charge on any atom is 0.339 e. The lowest BCUT2D eigenvalue weighted by Crippen LogP contribution is -2.41. The monoisotopic (exact) mass is 536 g/mol. The van der Waals surface area contributed by atoms with Crippen LogP contribution in [0.2, 0.25) is 0 Å².